The van der Waals surface area contributed by atoms with E-state index in [1.807, 2.05) is 19.1 Å². The van der Waals surface area contributed by atoms with Crippen molar-refractivity contribution in [2.24, 2.45) is 5.10 Å². The minimum absolute atomic E-state index is 0.205. The molecule has 0 radical (unpaired) electrons. The maximum absolute atomic E-state index is 12.1. The van der Waals surface area contributed by atoms with Gasteiger partial charge in [0.25, 0.3) is 5.91 Å². The Morgan fingerprint density at radius 2 is 1.83 bits per heavy atom. The molecule has 0 aliphatic heterocycles. The van der Waals surface area contributed by atoms with Crippen LogP contribution in [0.15, 0.2) is 52.0 Å². The molecule has 0 unspecified atom stereocenters. The van der Waals surface area contributed by atoms with Crippen LogP contribution in [0.5, 0.6) is 0 Å². The lowest BCUT2D eigenvalue weighted by Crippen LogP contribution is -2.19. The summed E-state index contributed by atoms with van der Waals surface area (Å²) in [5.74, 6) is -0.205. The summed E-state index contributed by atoms with van der Waals surface area (Å²) in [6.07, 6.45) is 4.85. The summed E-state index contributed by atoms with van der Waals surface area (Å²) in [6, 6.07) is 13.8. The molecule has 1 amide bonds. The second kappa shape index (κ2) is 7.09. The van der Waals surface area contributed by atoms with Gasteiger partial charge in [0.05, 0.1) is 5.71 Å². The molecule has 0 spiro atoms. The van der Waals surface area contributed by atoms with Gasteiger partial charge < -0.3 is 0 Å². The molecule has 0 saturated heterocycles. The van der Waals surface area contributed by atoms with Gasteiger partial charge in [-0.15, -0.1) is 0 Å². The Morgan fingerprint density at radius 1 is 1.04 bits per heavy atom. The van der Waals surface area contributed by atoms with E-state index >= 15 is 0 Å². The SMILES string of the molecule is CC(=NNC(=O)c1cccc(Br)c1)c1ccc2c(c1)CCCC2. The van der Waals surface area contributed by atoms with E-state index in [4.69, 9.17) is 0 Å². The number of amides is 1. The number of carbonyl (C=O) groups is 1. The van der Waals surface area contributed by atoms with Crippen LogP contribution in [0.4, 0.5) is 0 Å². The molecule has 0 aromatic heterocycles. The molecule has 2 aromatic carbocycles. The Kier molecular flexibility index (Phi) is 4.91. The van der Waals surface area contributed by atoms with Crippen molar-refractivity contribution in [3.63, 3.8) is 0 Å². The number of nitrogens with one attached hydrogen (secondary N) is 1. The van der Waals surface area contributed by atoms with Gasteiger partial charge in [0.15, 0.2) is 0 Å². The second-order valence-corrected chi connectivity index (χ2v) is 6.75. The number of fused-ring (bicyclic) bond motifs is 1. The molecule has 23 heavy (non-hydrogen) atoms. The first-order valence-corrected chi connectivity index (χ1v) is 8.65. The fourth-order valence-electron chi connectivity index (χ4n) is 2.85. The Bertz CT molecular complexity index is 768. The molecule has 1 aliphatic rings. The van der Waals surface area contributed by atoms with Crippen molar-refractivity contribution in [2.45, 2.75) is 32.6 Å². The molecule has 4 heteroatoms. The lowest BCUT2D eigenvalue weighted by Gasteiger charge is -2.16. The third kappa shape index (κ3) is 3.88. The van der Waals surface area contributed by atoms with Crippen molar-refractivity contribution in [1.29, 1.82) is 0 Å². The highest BCUT2D eigenvalue weighted by Gasteiger charge is 2.11. The monoisotopic (exact) mass is 370 g/mol. The second-order valence-electron chi connectivity index (χ2n) is 5.84. The van der Waals surface area contributed by atoms with Crippen molar-refractivity contribution in [3.8, 4) is 0 Å². The lowest BCUT2D eigenvalue weighted by atomic mass is 9.90. The highest BCUT2D eigenvalue weighted by atomic mass is 79.9. The average Bonchev–Trinajstić information content (AvgIpc) is 2.59. The number of aryl methyl sites for hydroxylation is 2. The van der Waals surface area contributed by atoms with Crippen LogP contribution in [0.1, 0.15) is 46.8 Å². The summed E-state index contributed by atoms with van der Waals surface area (Å²) in [4.78, 5) is 12.1. The third-order valence-corrected chi connectivity index (χ3v) is 4.67. The standard InChI is InChI=1S/C19H19BrN2O/c1-13(15-10-9-14-5-2-3-6-16(14)11-15)21-22-19(23)17-7-4-8-18(20)12-17/h4,7-12H,2-3,5-6H2,1H3,(H,22,23). The number of hydrogen-bond acceptors (Lipinski definition) is 2. The zero-order valence-corrected chi connectivity index (χ0v) is 14.7. The normalized spacial score (nSPS) is 14.3. The number of nitrogens with zero attached hydrogens (tertiary/aromatic N) is 1. The van der Waals surface area contributed by atoms with E-state index in [-0.39, 0.29) is 5.91 Å². The molecule has 2 aromatic rings. The van der Waals surface area contributed by atoms with Gasteiger partial charge in [-0.25, -0.2) is 5.43 Å². The van der Waals surface area contributed by atoms with E-state index in [0.29, 0.717) is 5.56 Å². The minimum Gasteiger partial charge on any atom is -0.267 e. The van der Waals surface area contributed by atoms with Crippen LogP contribution in [-0.2, 0) is 12.8 Å². The van der Waals surface area contributed by atoms with Gasteiger partial charge in [0.2, 0.25) is 0 Å². The first-order chi connectivity index (χ1) is 11.1. The molecule has 1 aliphatic carbocycles. The van der Waals surface area contributed by atoms with Crippen molar-refractivity contribution in [3.05, 3.63) is 69.2 Å². The van der Waals surface area contributed by atoms with Gasteiger partial charge in [0.1, 0.15) is 0 Å². The van der Waals surface area contributed by atoms with Gasteiger partial charge in [0, 0.05) is 10.0 Å². The number of benzene rings is 2. The quantitative estimate of drug-likeness (QED) is 0.627. The molecule has 118 valence electrons. The summed E-state index contributed by atoms with van der Waals surface area (Å²) in [5, 5.41) is 4.25. The van der Waals surface area contributed by atoms with Crippen LogP contribution < -0.4 is 5.43 Å². The molecule has 0 saturated carbocycles. The fourth-order valence-corrected chi connectivity index (χ4v) is 3.25. The highest BCUT2D eigenvalue weighted by Crippen LogP contribution is 2.22. The molecular weight excluding hydrogens is 352 g/mol. The van der Waals surface area contributed by atoms with Gasteiger partial charge in [-0.3, -0.25) is 4.79 Å². The molecule has 1 N–H and O–H groups in total. The largest absolute Gasteiger partial charge is 0.271 e. The zero-order chi connectivity index (χ0) is 16.2. The van der Waals surface area contributed by atoms with Crippen molar-refractivity contribution in [2.75, 3.05) is 0 Å². The first kappa shape index (κ1) is 15.9. The summed E-state index contributed by atoms with van der Waals surface area (Å²) < 4.78 is 0.875. The predicted octanol–water partition coefficient (Wildman–Crippen LogP) is 4.48. The van der Waals surface area contributed by atoms with Gasteiger partial charge in [-0.1, -0.05) is 34.1 Å². The summed E-state index contributed by atoms with van der Waals surface area (Å²) in [6.45, 7) is 1.92. The molecular formula is C19H19BrN2O. The first-order valence-electron chi connectivity index (χ1n) is 7.86. The zero-order valence-electron chi connectivity index (χ0n) is 13.1. The summed E-state index contributed by atoms with van der Waals surface area (Å²) in [5.41, 5.74) is 7.98. The van der Waals surface area contributed by atoms with Crippen LogP contribution >= 0.6 is 15.9 Å². The molecule has 3 rings (SSSR count). The Hall–Kier alpha value is -1.94. The Morgan fingerprint density at radius 3 is 2.61 bits per heavy atom. The fraction of sp³-hybridized carbons (Fsp3) is 0.263. The Balaban J connectivity index is 1.73. The third-order valence-electron chi connectivity index (χ3n) is 4.18. The number of carbonyl (C=O) groups excluding carboxylic acids is 1. The van der Waals surface area contributed by atoms with Crippen LogP contribution in [0.3, 0.4) is 0 Å². The summed E-state index contributed by atoms with van der Waals surface area (Å²) >= 11 is 3.37. The summed E-state index contributed by atoms with van der Waals surface area (Å²) in [7, 11) is 0. The van der Waals surface area contributed by atoms with Crippen molar-refractivity contribution < 1.29 is 4.79 Å². The number of hydrazone groups is 1. The Labute approximate surface area is 144 Å². The minimum atomic E-state index is -0.205. The maximum atomic E-state index is 12.1. The van der Waals surface area contributed by atoms with E-state index in [0.717, 1.165) is 22.2 Å². The maximum Gasteiger partial charge on any atom is 0.271 e. The molecule has 3 nitrogen and oxygen atoms in total. The van der Waals surface area contributed by atoms with Crippen LogP contribution in [0.25, 0.3) is 0 Å². The van der Waals surface area contributed by atoms with Crippen LogP contribution in [0, 0.1) is 0 Å². The molecule has 0 heterocycles. The van der Waals surface area contributed by atoms with Crippen LogP contribution in [-0.4, -0.2) is 11.6 Å². The number of halogens is 1. The average molecular weight is 371 g/mol. The van der Waals surface area contributed by atoms with E-state index in [1.165, 1.54) is 30.4 Å². The number of hydrogen-bond donors (Lipinski definition) is 1. The van der Waals surface area contributed by atoms with Gasteiger partial charge >= 0.3 is 0 Å². The van der Waals surface area contributed by atoms with Gasteiger partial charge in [-0.05, 0) is 73.6 Å². The topological polar surface area (TPSA) is 41.5 Å². The van der Waals surface area contributed by atoms with Crippen LogP contribution in [0.2, 0.25) is 0 Å². The molecule has 0 fully saturated rings. The number of rotatable bonds is 3. The van der Waals surface area contributed by atoms with Crippen molar-refractivity contribution >= 4 is 27.5 Å². The van der Waals surface area contributed by atoms with Gasteiger partial charge in [-0.2, -0.15) is 5.10 Å². The van der Waals surface area contributed by atoms with E-state index in [1.54, 1.807) is 12.1 Å². The van der Waals surface area contributed by atoms with E-state index in [9.17, 15) is 4.79 Å². The van der Waals surface area contributed by atoms with E-state index < -0.39 is 0 Å². The van der Waals surface area contributed by atoms with Crippen molar-refractivity contribution in [1.82, 2.24) is 5.43 Å². The smallest absolute Gasteiger partial charge is 0.267 e. The lowest BCUT2D eigenvalue weighted by molar-refractivity contribution is 0.0955. The highest BCUT2D eigenvalue weighted by molar-refractivity contribution is 9.10. The predicted molar refractivity (Wildman–Crippen MR) is 96.9 cm³/mol. The van der Waals surface area contributed by atoms with E-state index in [2.05, 4.69) is 44.7 Å². The molecule has 0 bridgehead atoms. The molecule has 0 atom stereocenters.